The molecule has 0 fully saturated rings. The van der Waals surface area contributed by atoms with Gasteiger partial charge in [0.1, 0.15) is 5.75 Å². The fourth-order valence-electron chi connectivity index (χ4n) is 2.41. The van der Waals surface area contributed by atoms with Gasteiger partial charge in [0.05, 0.1) is 0 Å². The molecule has 0 amide bonds. The van der Waals surface area contributed by atoms with E-state index in [4.69, 9.17) is 17.3 Å². The molecular formula is C14H23ClN2O. The number of benzene rings is 1. The number of rotatable bonds is 6. The molecule has 0 bridgehead atoms. The first-order chi connectivity index (χ1) is 8.46. The maximum Gasteiger partial charge on any atom is 0.118 e. The molecular weight excluding hydrogens is 248 g/mol. The van der Waals surface area contributed by atoms with Gasteiger partial charge in [0.25, 0.3) is 0 Å². The first kappa shape index (κ1) is 15.3. The van der Waals surface area contributed by atoms with Crippen molar-refractivity contribution in [3.05, 3.63) is 28.8 Å². The van der Waals surface area contributed by atoms with Crippen LogP contribution in [0.25, 0.3) is 0 Å². The van der Waals surface area contributed by atoms with Gasteiger partial charge in [-0.1, -0.05) is 25.4 Å². The summed E-state index contributed by atoms with van der Waals surface area (Å²) in [7, 11) is 0. The van der Waals surface area contributed by atoms with Crippen LogP contribution in [0.1, 0.15) is 26.3 Å². The van der Waals surface area contributed by atoms with Crippen LogP contribution in [0.15, 0.2) is 18.2 Å². The highest BCUT2D eigenvalue weighted by Crippen LogP contribution is 2.28. The minimum absolute atomic E-state index is 0.161. The van der Waals surface area contributed by atoms with Gasteiger partial charge in [0.2, 0.25) is 0 Å². The number of halogens is 1. The number of likely N-dealkylation sites (N-methyl/N-ethyl adjacent to an activating group) is 1. The molecule has 0 spiro atoms. The summed E-state index contributed by atoms with van der Waals surface area (Å²) < 4.78 is 0. The molecule has 0 aliphatic carbocycles. The van der Waals surface area contributed by atoms with Crippen molar-refractivity contribution in [2.24, 2.45) is 5.73 Å². The predicted octanol–water partition coefficient (Wildman–Crippen LogP) is 2.65. The zero-order valence-electron chi connectivity index (χ0n) is 11.4. The SMILES string of the molecule is CCN(CC)C(C)(CN)Cc1cc(Cl)ccc1O. The topological polar surface area (TPSA) is 49.5 Å². The fraction of sp³-hybridized carbons (Fsp3) is 0.571. The van der Waals surface area contributed by atoms with Crippen LogP contribution in [0.3, 0.4) is 0 Å². The smallest absolute Gasteiger partial charge is 0.118 e. The van der Waals surface area contributed by atoms with E-state index < -0.39 is 0 Å². The second-order valence-corrected chi connectivity index (χ2v) is 5.26. The lowest BCUT2D eigenvalue weighted by Gasteiger charge is -2.40. The summed E-state index contributed by atoms with van der Waals surface area (Å²) in [6, 6.07) is 5.14. The van der Waals surface area contributed by atoms with Crippen molar-refractivity contribution in [3.63, 3.8) is 0 Å². The average molecular weight is 271 g/mol. The third-order valence-electron chi connectivity index (χ3n) is 3.58. The summed E-state index contributed by atoms with van der Waals surface area (Å²) in [6.45, 7) is 8.78. The Morgan fingerprint density at radius 2 is 1.94 bits per heavy atom. The maximum absolute atomic E-state index is 9.90. The van der Waals surface area contributed by atoms with Crippen LogP contribution < -0.4 is 5.73 Å². The van der Waals surface area contributed by atoms with E-state index in [1.807, 2.05) is 6.07 Å². The molecule has 4 heteroatoms. The van der Waals surface area contributed by atoms with Crippen LogP contribution >= 0.6 is 11.6 Å². The molecule has 102 valence electrons. The summed E-state index contributed by atoms with van der Waals surface area (Å²) in [5, 5.41) is 10.5. The molecule has 0 aliphatic heterocycles. The average Bonchev–Trinajstić information content (AvgIpc) is 2.35. The Kier molecular flexibility index (Phi) is 5.45. The Labute approximate surface area is 115 Å². The van der Waals surface area contributed by atoms with Gasteiger partial charge in [0.15, 0.2) is 0 Å². The molecule has 0 aliphatic rings. The second-order valence-electron chi connectivity index (χ2n) is 4.82. The monoisotopic (exact) mass is 270 g/mol. The first-order valence-electron chi connectivity index (χ1n) is 6.39. The summed E-state index contributed by atoms with van der Waals surface area (Å²) in [5.41, 5.74) is 6.63. The van der Waals surface area contributed by atoms with E-state index in [1.54, 1.807) is 12.1 Å². The van der Waals surface area contributed by atoms with Crippen molar-refractivity contribution < 1.29 is 5.11 Å². The van der Waals surface area contributed by atoms with Gasteiger partial charge >= 0.3 is 0 Å². The molecule has 18 heavy (non-hydrogen) atoms. The van der Waals surface area contributed by atoms with Crippen molar-refractivity contribution in [1.29, 1.82) is 0 Å². The standard InChI is InChI=1S/C14H23ClN2O/c1-4-17(5-2)14(3,10-16)9-11-8-12(15)6-7-13(11)18/h6-8,18H,4-5,9-10,16H2,1-3H3. The minimum Gasteiger partial charge on any atom is -0.508 e. The molecule has 0 aromatic heterocycles. The van der Waals surface area contributed by atoms with Gasteiger partial charge in [0, 0.05) is 17.1 Å². The van der Waals surface area contributed by atoms with Gasteiger partial charge in [-0.15, -0.1) is 0 Å². The number of nitrogens with two attached hydrogens (primary N) is 1. The fourth-order valence-corrected chi connectivity index (χ4v) is 2.60. The summed E-state index contributed by atoms with van der Waals surface area (Å²) in [6.07, 6.45) is 0.692. The molecule has 0 radical (unpaired) electrons. The Morgan fingerprint density at radius 1 is 1.33 bits per heavy atom. The first-order valence-corrected chi connectivity index (χ1v) is 6.77. The highest BCUT2D eigenvalue weighted by atomic mass is 35.5. The van der Waals surface area contributed by atoms with Gasteiger partial charge < -0.3 is 10.8 Å². The lowest BCUT2D eigenvalue weighted by atomic mass is 9.90. The van der Waals surface area contributed by atoms with Crippen molar-refractivity contribution in [2.75, 3.05) is 19.6 Å². The zero-order chi connectivity index (χ0) is 13.8. The van der Waals surface area contributed by atoms with Crippen LogP contribution in [0.4, 0.5) is 0 Å². The summed E-state index contributed by atoms with van der Waals surface area (Å²) >= 11 is 5.98. The molecule has 1 unspecified atom stereocenters. The number of nitrogens with zero attached hydrogens (tertiary/aromatic N) is 1. The third kappa shape index (κ3) is 3.37. The number of hydrogen-bond acceptors (Lipinski definition) is 3. The van der Waals surface area contributed by atoms with E-state index >= 15 is 0 Å². The lowest BCUT2D eigenvalue weighted by Crippen LogP contribution is -2.53. The molecule has 1 rings (SSSR count). The Morgan fingerprint density at radius 3 is 2.44 bits per heavy atom. The van der Waals surface area contributed by atoms with Crippen molar-refractivity contribution in [3.8, 4) is 5.75 Å². The normalized spacial score (nSPS) is 14.8. The number of hydrogen-bond donors (Lipinski definition) is 2. The van der Waals surface area contributed by atoms with Crippen LogP contribution in [0, 0.1) is 0 Å². The molecule has 1 aromatic carbocycles. The van der Waals surface area contributed by atoms with Crippen LogP contribution in [0.2, 0.25) is 5.02 Å². The Balaban J connectivity index is 3.01. The van der Waals surface area contributed by atoms with Crippen LogP contribution in [-0.4, -0.2) is 35.2 Å². The van der Waals surface area contributed by atoms with E-state index in [0.717, 1.165) is 18.7 Å². The van der Waals surface area contributed by atoms with Crippen LogP contribution in [0.5, 0.6) is 5.75 Å². The number of phenolic OH excluding ortho intramolecular Hbond substituents is 1. The second kappa shape index (κ2) is 6.41. The molecule has 1 aromatic rings. The van der Waals surface area contributed by atoms with E-state index in [9.17, 15) is 5.11 Å². The highest BCUT2D eigenvalue weighted by Gasteiger charge is 2.29. The van der Waals surface area contributed by atoms with Crippen molar-refractivity contribution in [1.82, 2.24) is 4.90 Å². The molecule has 0 saturated carbocycles. The Hall–Kier alpha value is -0.770. The van der Waals surface area contributed by atoms with E-state index in [1.165, 1.54) is 0 Å². The third-order valence-corrected chi connectivity index (χ3v) is 3.81. The molecule has 0 heterocycles. The molecule has 3 nitrogen and oxygen atoms in total. The number of phenols is 1. The van der Waals surface area contributed by atoms with Crippen LogP contribution in [-0.2, 0) is 6.42 Å². The summed E-state index contributed by atoms with van der Waals surface area (Å²) in [4.78, 5) is 2.31. The molecule has 1 atom stereocenters. The zero-order valence-corrected chi connectivity index (χ0v) is 12.2. The van der Waals surface area contributed by atoms with E-state index in [0.29, 0.717) is 18.0 Å². The quantitative estimate of drug-likeness (QED) is 0.836. The van der Waals surface area contributed by atoms with Gasteiger partial charge in [-0.05, 0) is 50.2 Å². The largest absolute Gasteiger partial charge is 0.508 e. The van der Waals surface area contributed by atoms with E-state index in [2.05, 4.69) is 25.7 Å². The minimum atomic E-state index is -0.161. The summed E-state index contributed by atoms with van der Waals surface area (Å²) in [5.74, 6) is 0.284. The van der Waals surface area contributed by atoms with Gasteiger partial charge in [-0.25, -0.2) is 0 Å². The number of aromatic hydroxyl groups is 1. The highest BCUT2D eigenvalue weighted by molar-refractivity contribution is 6.30. The predicted molar refractivity (Wildman–Crippen MR) is 77.2 cm³/mol. The molecule has 0 saturated heterocycles. The maximum atomic E-state index is 9.90. The molecule has 3 N–H and O–H groups in total. The van der Waals surface area contributed by atoms with Gasteiger partial charge in [-0.3, -0.25) is 4.90 Å². The van der Waals surface area contributed by atoms with Crippen molar-refractivity contribution in [2.45, 2.75) is 32.7 Å². The Bertz CT molecular complexity index is 393. The van der Waals surface area contributed by atoms with Crippen molar-refractivity contribution >= 4 is 11.6 Å². The lowest BCUT2D eigenvalue weighted by molar-refractivity contribution is 0.123. The van der Waals surface area contributed by atoms with E-state index in [-0.39, 0.29) is 11.3 Å². The van der Waals surface area contributed by atoms with Gasteiger partial charge in [-0.2, -0.15) is 0 Å².